The first-order valence-electron chi connectivity index (χ1n) is 10.7. The number of hydrogen-bond donors (Lipinski definition) is 2. The maximum atomic E-state index is 12.0. The molecule has 0 saturated heterocycles. The first-order valence-corrected chi connectivity index (χ1v) is 10.7. The minimum Gasteiger partial charge on any atom is -0.466 e. The van der Waals surface area contributed by atoms with Crippen LogP contribution < -0.4 is 15.4 Å². The molecule has 0 spiro atoms. The average molecular weight is 433 g/mol. The number of rotatable bonds is 11. The molecule has 2 N–H and O–H groups in total. The van der Waals surface area contributed by atoms with Crippen LogP contribution in [0.5, 0.6) is 11.5 Å². The topological polar surface area (TPSA) is 76.7 Å². The summed E-state index contributed by atoms with van der Waals surface area (Å²) >= 11 is 0. The molecule has 0 radical (unpaired) electrons. The van der Waals surface area contributed by atoms with Crippen LogP contribution in [0.3, 0.4) is 0 Å². The Hall–Kier alpha value is -3.64. The number of hydrogen-bond acceptors (Lipinski definition) is 5. The minimum atomic E-state index is -0.372. The van der Waals surface area contributed by atoms with Crippen molar-refractivity contribution in [3.8, 4) is 11.5 Å². The Balaban J connectivity index is 1.51. The summed E-state index contributed by atoms with van der Waals surface area (Å²) in [6.07, 6.45) is 0.149. The van der Waals surface area contributed by atoms with Gasteiger partial charge in [-0.1, -0.05) is 48.5 Å². The summed E-state index contributed by atoms with van der Waals surface area (Å²) in [7, 11) is 0. The molecule has 6 heteroatoms. The molecule has 0 fully saturated rings. The van der Waals surface area contributed by atoms with Crippen molar-refractivity contribution in [1.29, 1.82) is 0 Å². The van der Waals surface area contributed by atoms with Gasteiger partial charge in [0.2, 0.25) is 5.91 Å². The molecule has 0 unspecified atom stereocenters. The highest BCUT2D eigenvalue weighted by atomic mass is 16.5. The zero-order valence-electron chi connectivity index (χ0n) is 18.2. The van der Waals surface area contributed by atoms with Gasteiger partial charge < -0.3 is 20.1 Å². The van der Waals surface area contributed by atoms with E-state index in [4.69, 9.17) is 9.47 Å². The van der Waals surface area contributed by atoms with Gasteiger partial charge in [-0.3, -0.25) is 9.59 Å². The van der Waals surface area contributed by atoms with Gasteiger partial charge in [0.25, 0.3) is 0 Å². The number of carbonyl (C=O) groups excluding carboxylic acids is 2. The second-order valence-corrected chi connectivity index (χ2v) is 7.18. The molecule has 0 saturated carbocycles. The Labute approximate surface area is 188 Å². The van der Waals surface area contributed by atoms with Crippen LogP contribution in [-0.4, -0.2) is 18.5 Å². The number of para-hydroxylation sites is 1. The van der Waals surface area contributed by atoms with E-state index in [1.165, 1.54) is 5.56 Å². The van der Waals surface area contributed by atoms with Crippen molar-refractivity contribution in [3.63, 3.8) is 0 Å². The van der Waals surface area contributed by atoms with E-state index >= 15 is 0 Å². The molecule has 0 aromatic heterocycles. The fourth-order valence-corrected chi connectivity index (χ4v) is 3.09. The quantitative estimate of drug-likeness (QED) is 0.415. The molecule has 0 aliphatic heterocycles. The summed E-state index contributed by atoms with van der Waals surface area (Å²) < 4.78 is 10.9. The van der Waals surface area contributed by atoms with Gasteiger partial charge in [0, 0.05) is 30.8 Å². The van der Waals surface area contributed by atoms with Crippen LogP contribution in [0, 0.1) is 0 Å². The van der Waals surface area contributed by atoms with Gasteiger partial charge >= 0.3 is 5.97 Å². The SMILES string of the molecule is CCOC(=O)CCC(=O)Nc1ccc(Oc2ccccc2CNCc2ccccc2)cc1. The van der Waals surface area contributed by atoms with E-state index in [1.54, 1.807) is 31.2 Å². The van der Waals surface area contributed by atoms with Crippen molar-refractivity contribution >= 4 is 17.6 Å². The van der Waals surface area contributed by atoms with Crippen molar-refractivity contribution in [2.45, 2.75) is 32.9 Å². The third-order valence-corrected chi connectivity index (χ3v) is 4.69. The van der Waals surface area contributed by atoms with Gasteiger partial charge in [0.05, 0.1) is 13.0 Å². The van der Waals surface area contributed by atoms with Crippen molar-refractivity contribution < 1.29 is 19.1 Å². The van der Waals surface area contributed by atoms with Gasteiger partial charge in [-0.05, 0) is 42.8 Å². The highest BCUT2D eigenvalue weighted by Crippen LogP contribution is 2.26. The second kappa shape index (κ2) is 12.3. The first-order chi connectivity index (χ1) is 15.6. The lowest BCUT2D eigenvalue weighted by atomic mass is 10.2. The van der Waals surface area contributed by atoms with Crippen LogP contribution in [0.2, 0.25) is 0 Å². The standard InChI is InChI=1S/C26H28N2O4/c1-2-31-26(30)17-16-25(29)28-22-12-14-23(15-13-22)32-24-11-7-6-10-21(24)19-27-18-20-8-4-3-5-9-20/h3-15,27H,2,16-19H2,1H3,(H,28,29). The van der Waals surface area contributed by atoms with Crippen LogP contribution in [0.1, 0.15) is 30.9 Å². The Morgan fingerprint density at radius 1 is 0.812 bits per heavy atom. The van der Waals surface area contributed by atoms with Crippen LogP contribution in [0.4, 0.5) is 5.69 Å². The van der Waals surface area contributed by atoms with E-state index in [1.807, 2.05) is 42.5 Å². The number of anilines is 1. The lowest BCUT2D eigenvalue weighted by Crippen LogP contribution is -2.14. The maximum Gasteiger partial charge on any atom is 0.306 e. The molecule has 3 aromatic rings. The highest BCUT2D eigenvalue weighted by Gasteiger charge is 2.09. The highest BCUT2D eigenvalue weighted by molar-refractivity contribution is 5.92. The Morgan fingerprint density at radius 2 is 1.53 bits per heavy atom. The molecule has 0 aliphatic carbocycles. The fourth-order valence-electron chi connectivity index (χ4n) is 3.09. The van der Waals surface area contributed by atoms with Crippen molar-refractivity contribution in [2.75, 3.05) is 11.9 Å². The van der Waals surface area contributed by atoms with Gasteiger partial charge in [-0.15, -0.1) is 0 Å². The Bertz CT molecular complexity index is 1000. The van der Waals surface area contributed by atoms with Crippen LogP contribution >= 0.6 is 0 Å². The predicted molar refractivity (Wildman–Crippen MR) is 124 cm³/mol. The Kier molecular flexibility index (Phi) is 8.83. The fraction of sp³-hybridized carbons (Fsp3) is 0.231. The summed E-state index contributed by atoms with van der Waals surface area (Å²) in [6.45, 7) is 3.51. The number of carbonyl (C=O) groups is 2. The maximum absolute atomic E-state index is 12.0. The molecule has 166 valence electrons. The number of nitrogens with one attached hydrogen (secondary N) is 2. The first kappa shape index (κ1) is 23.0. The number of benzene rings is 3. The summed E-state index contributed by atoms with van der Waals surface area (Å²) in [5.41, 5.74) is 2.93. The zero-order valence-corrected chi connectivity index (χ0v) is 18.2. The van der Waals surface area contributed by atoms with Crippen LogP contribution in [0.25, 0.3) is 0 Å². The number of ether oxygens (including phenoxy) is 2. The van der Waals surface area contributed by atoms with Gasteiger partial charge in [0.1, 0.15) is 11.5 Å². The summed E-state index contributed by atoms with van der Waals surface area (Å²) in [4.78, 5) is 23.3. The van der Waals surface area contributed by atoms with E-state index in [2.05, 4.69) is 22.8 Å². The Morgan fingerprint density at radius 3 is 2.28 bits per heavy atom. The predicted octanol–water partition coefficient (Wildman–Crippen LogP) is 5.05. The average Bonchev–Trinajstić information content (AvgIpc) is 2.81. The molecular weight excluding hydrogens is 404 g/mol. The molecule has 6 nitrogen and oxygen atoms in total. The second-order valence-electron chi connectivity index (χ2n) is 7.18. The van der Waals surface area contributed by atoms with Crippen molar-refractivity contribution in [3.05, 3.63) is 90.0 Å². The van der Waals surface area contributed by atoms with Crippen LogP contribution in [-0.2, 0) is 27.4 Å². The van der Waals surface area contributed by atoms with Crippen molar-refractivity contribution in [2.24, 2.45) is 0 Å². The van der Waals surface area contributed by atoms with E-state index in [9.17, 15) is 9.59 Å². The largest absolute Gasteiger partial charge is 0.466 e. The van der Waals surface area contributed by atoms with Gasteiger partial charge in [-0.25, -0.2) is 0 Å². The van der Waals surface area contributed by atoms with E-state index < -0.39 is 0 Å². The molecule has 0 atom stereocenters. The van der Waals surface area contributed by atoms with E-state index in [0.717, 1.165) is 17.9 Å². The molecule has 3 rings (SSSR count). The van der Waals surface area contributed by atoms with E-state index in [-0.39, 0.29) is 24.7 Å². The minimum absolute atomic E-state index is 0.0654. The molecule has 3 aromatic carbocycles. The lowest BCUT2D eigenvalue weighted by molar-refractivity contribution is -0.144. The molecule has 32 heavy (non-hydrogen) atoms. The molecule has 1 amide bonds. The molecule has 0 heterocycles. The normalized spacial score (nSPS) is 10.4. The van der Waals surface area contributed by atoms with Gasteiger partial charge in [0.15, 0.2) is 0 Å². The summed E-state index contributed by atoms with van der Waals surface area (Å²) in [5.74, 6) is 0.842. The van der Waals surface area contributed by atoms with Crippen molar-refractivity contribution in [1.82, 2.24) is 5.32 Å². The number of esters is 1. The van der Waals surface area contributed by atoms with Gasteiger partial charge in [-0.2, -0.15) is 0 Å². The molecule has 0 bridgehead atoms. The molecule has 0 aliphatic rings. The smallest absolute Gasteiger partial charge is 0.306 e. The summed E-state index contributed by atoms with van der Waals surface area (Å²) in [5, 5.41) is 6.22. The number of amides is 1. The third-order valence-electron chi connectivity index (χ3n) is 4.69. The lowest BCUT2D eigenvalue weighted by Gasteiger charge is -2.13. The zero-order chi connectivity index (χ0) is 22.6. The summed E-state index contributed by atoms with van der Waals surface area (Å²) in [6, 6.07) is 25.3. The molecular formula is C26H28N2O4. The van der Waals surface area contributed by atoms with E-state index in [0.29, 0.717) is 24.6 Å². The monoisotopic (exact) mass is 432 g/mol. The van der Waals surface area contributed by atoms with Crippen LogP contribution in [0.15, 0.2) is 78.9 Å². The third kappa shape index (κ3) is 7.56.